The first-order valence-electron chi connectivity index (χ1n) is 11.6. The summed E-state index contributed by atoms with van der Waals surface area (Å²) in [6, 6.07) is 11.4. The van der Waals surface area contributed by atoms with Gasteiger partial charge in [0.15, 0.2) is 11.5 Å². The molecule has 1 heterocycles. The van der Waals surface area contributed by atoms with Gasteiger partial charge in [-0.3, -0.25) is 4.79 Å². The number of benzene rings is 2. The van der Waals surface area contributed by atoms with Crippen LogP contribution in [0.2, 0.25) is 0 Å². The Balaban J connectivity index is 1.89. The molecule has 1 N–H and O–H groups in total. The first kappa shape index (κ1) is 24.7. The molecule has 1 saturated heterocycles. The number of carbonyl (C=O) groups is 1. The van der Waals surface area contributed by atoms with E-state index in [1.165, 1.54) is 0 Å². The van der Waals surface area contributed by atoms with Crippen LogP contribution in [0.4, 0.5) is 0 Å². The molecule has 0 bridgehead atoms. The maximum atomic E-state index is 13.3. The van der Waals surface area contributed by atoms with E-state index in [1.54, 1.807) is 19.2 Å². The monoisotopic (exact) mass is 457 g/mol. The molecule has 1 amide bonds. The second-order valence-electron chi connectivity index (χ2n) is 7.88. The Morgan fingerprint density at radius 1 is 0.939 bits per heavy atom. The molecule has 0 atom stereocenters. The van der Waals surface area contributed by atoms with E-state index in [0.717, 1.165) is 24.2 Å². The normalized spacial score (nSPS) is 14.9. The SMILES string of the molecule is CCOc1cc(C(=O)NCC2(c3ccccc3OC)CCOCC2)cc(OCC)c1OCC. The molecule has 0 spiro atoms. The minimum atomic E-state index is -0.267. The van der Waals surface area contributed by atoms with Crippen LogP contribution in [-0.2, 0) is 10.2 Å². The van der Waals surface area contributed by atoms with E-state index in [2.05, 4.69) is 11.4 Å². The third kappa shape index (κ3) is 5.71. The summed E-state index contributed by atoms with van der Waals surface area (Å²) in [6.45, 7) is 8.81. The van der Waals surface area contributed by atoms with Crippen LogP contribution < -0.4 is 24.3 Å². The maximum absolute atomic E-state index is 13.3. The number of hydrogen-bond acceptors (Lipinski definition) is 6. The lowest BCUT2D eigenvalue weighted by Crippen LogP contribution is -2.44. The fraction of sp³-hybridized carbons (Fsp3) is 0.500. The molecule has 7 nitrogen and oxygen atoms in total. The molecule has 0 saturated carbocycles. The number of para-hydroxylation sites is 1. The van der Waals surface area contributed by atoms with Gasteiger partial charge >= 0.3 is 0 Å². The van der Waals surface area contributed by atoms with Gasteiger partial charge < -0.3 is 29.0 Å². The van der Waals surface area contributed by atoms with Crippen molar-refractivity contribution in [3.8, 4) is 23.0 Å². The van der Waals surface area contributed by atoms with Crippen molar-refractivity contribution >= 4 is 5.91 Å². The van der Waals surface area contributed by atoms with E-state index in [4.69, 9.17) is 23.7 Å². The molecule has 2 aromatic rings. The molecule has 3 rings (SSSR count). The molecule has 2 aromatic carbocycles. The van der Waals surface area contributed by atoms with Gasteiger partial charge in [-0.1, -0.05) is 18.2 Å². The van der Waals surface area contributed by atoms with E-state index in [9.17, 15) is 4.79 Å². The third-order valence-electron chi connectivity index (χ3n) is 5.89. The minimum Gasteiger partial charge on any atom is -0.496 e. The van der Waals surface area contributed by atoms with Gasteiger partial charge in [-0.25, -0.2) is 0 Å². The highest BCUT2D eigenvalue weighted by atomic mass is 16.5. The van der Waals surface area contributed by atoms with Crippen LogP contribution in [0, 0.1) is 0 Å². The number of rotatable bonds is 11. The number of hydrogen-bond donors (Lipinski definition) is 1. The highest BCUT2D eigenvalue weighted by Crippen LogP contribution is 2.41. The summed E-state index contributed by atoms with van der Waals surface area (Å²) in [4.78, 5) is 13.3. The van der Waals surface area contributed by atoms with Gasteiger partial charge in [-0.05, 0) is 51.8 Å². The topological polar surface area (TPSA) is 75.3 Å². The van der Waals surface area contributed by atoms with Gasteiger partial charge in [-0.2, -0.15) is 0 Å². The molecule has 33 heavy (non-hydrogen) atoms. The Bertz CT molecular complexity index is 896. The van der Waals surface area contributed by atoms with Crippen LogP contribution in [0.25, 0.3) is 0 Å². The number of methoxy groups -OCH3 is 1. The zero-order valence-corrected chi connectivity index (χ0v) is 20.1. The standard InChI is InChI=1S/C26H35NO6/c1-5-31-22-16-19(17-23(32-6-2)24(22)33-7-3)25(28)27-18-26(12-14-30-15-13-26)20-10-8-9-11-21(20)29-4/h8-11,16-17H,5-7,12-15,18H2,1-4H3,(H,27,28). The van der Waals surface area contributed by atoms with Crippen molar-refractivity contribution in [2.75, 3.05) is 46.7 Å². The molecule has 0 unspecified atom stereocenters. The van der Waals surface area contributed by atoms with Gasteiger partial charge in [0.1, 0.15) is 5.75 Å². The van der Waals surface area contributed by atoms with Crippen molar-refractivity contribution in [2.24, 2.45) is 0 Å². The highest BCUT2D eigenvalue weighted by Gasteiger charge is 2.37. The van der Waals surface area contributed by atoms with Crippen molar-refractivity contribution in [2.45, 2.75) is 39.0 Å². The summed E-state index contributed by atoms with van der Waals surface area (Å²) >= 11 is 0. The number of carbonyl (C=O) groups excluding carboxylic acids is 1. The minimum absolute atomic E-state index is 0.194. The molecule has 0 aromatic heterocycles. The summed E-state index contributed by atoms with van der Waals surface area (Å²) in [5.41, 5.74) is 1.29. The Hall–Kier alpha value is -2.93. The van der Waals surface area contributed by atoms with E-state index < -0.39 is 0 Å². The largest absolute Gasteiger partial charge is 0.496 e. The average molecular weight is 458 g/mol. The molecular formula is C26H35NO6. The molecule has 1 fully saturated rings. The molecule has 180 valence electrons. The smallest absolute Gasteiger partial charge is 0.251 e. The quantitative estimate of drug-likeness (QED) is 0.540. The number of nitrogens with one attached hydrogen (secondary N) is 1. The van der Waals surface area contributed by atoms with Crippen LogP contribution >= 0.6 is 0 Å². The van der Waals surface area contributed by atoms with Crippen LogP contribution in [0.15, 0.2) is 36.4 Å². The molecule has 0 aliphatic carbocycles. The van der Waals surface area contributed by atoms with Crippen LogP contribution in [0.1, 0.15) is 49.5 Å². The Kier molecular flexibility index (Phi) is 8.83. The summed E-state index contributed by atoms with van der Waals surface area (Å²) in [5.74, 6) is 2.15. The van der Waals surface area contributed by atoms with E-state index in [0.29, 0.717) is 62.4 Å². The summed E-state index contributed by atoms with van der Waals surface area (Å²) in [7, 11) is 1.68. The fourth-order valence-electron chi connectivity index (χ4n) is 4.26. The molecule has 7 heteroatoms. The first-order chi connectivity index (χ1) is 16.1. The molecule has 0 radical (unpaired) electrons. The zero-order chi connectivity index (χ0) is 23.7. The lowest BCUT2D eigenvalue weighted by molar-refractivity contribution is 0.0479. The van der Waals surface area contributed by atoms with Crippen molar-refractivity contribution in [3.05, 3.63) is 47.5 Å². The van der Waals surface area contributed by atoms with Gasteiger partial charge in [0.05, 0.1) is 26.9 Å². The van der Waals surface area contributed by atoms with E-state index in [-0.39, 0.29) is 11.3 Å². The highest BCUT2D eigenvalue weighted by molar-refractivity contribution is 5.95. The summed E-state index contributed by atoms with van der Waals surface area (Å²) in [6.07, 6.45) is 1.59. The van der Waals surface area contributed by atoms with Crippen molar-refractivity contribution < 1.29 is 28.5 Å². The zero-order valence-electron chi connectivity index (χ0n) is 20.1. The lowest BCUT2D eigenvalue weighted by atomic mass is 9.73. The van der Waals surface area contributed by atoms with Crippen molar-refractivity contribution in [3.63, 3.8) is 0 Å². The van der Waals surface area contributed by atoms with Gasteiger partial charge in [0.2, 0.25) is 5.75 Å². The van der Waals surface area contributed by atoms with Crippen molar-refractivity contribution in [1.82, 2.24) is 5.32 Å². The Morgan fingerprint density at radius 2 is 1.55 bits per heavy atom. The van der Waals surface area contributed by atoms with Crippen LogP contribution in [0.3, 0.4) is 0 Å². The lowest BCUT2D eigenvalue weighted by Gasteiger charge is -2.38. The predicted molar refractivity (Wildman–Crippen MR) is 127 cm³/mol. The number of amides is 1. The Morgan fingerprint density at radius 3 is 2.12 bits per heavy atom. The van der Waals surface area contributed by atoms with Gasteiger partial charge in [-0.15, -0.1) is 0 Å². The fourth-order valence-corrected chi connectivity index (χ4v) is 4.26. The summed E-state index contributed by atoms with van der Waals surface area (Å²) < 4.78 is 28.5. The third-order valence-corrected chi connectivity index (χ3v) is 5.89. The second-order valence-corrected chi connectivity index (χ2v) is 7.88. The van der Waals surface area contributed by atoms with Crippen LogP contribution in [0.5, 0.6) is 23.0 Å². The number of ether oxygens (including phenoxy) is 5. The van der Waals surface area contributed by atoms with Crippen LogP contribution in [-0.4, -0.2) is 52.6 Å². The van der Waals surface area contributed by atoms with Gasteiger partial charge in [0, 0.05) is 36.3 Å². The van der Waals surface area contributed by atoms with E-state index in [1.807, 2.05) is 39.0 Å². The van der Waals surface area contributed by atoms with E-state index >= 15 is 0 Å². The van der Waals surface area contributed by atoms with Crippen molar-refractivity contribution in [1.29, 1.82) is 0 Å². The first-order valence-corrected chi connectivity index (χ1v) is 11.6. The second kappa shape index (κ2) is 11.8. The molecular weight excluding hydrogens is 422 g/mol. The molecule has 1 aliphatic heterocycles. The maximum Gasteiger partial charge on any atom is 0.251 e. The summed E-state index contributed by atoms with van der Waals surface area (Å²) in [5, 5.41) is 3.15. The predicted octanol–water partition coefficient (Wildman–Crippen LogP) is 4.37. The molecule has 1 aliphatic rings. The average Bonchev–Trinajstić information content (AvgIpc) is 2.85. The van der Waals surface area contributed by atoms with Gasteiger partial charge in [0.25, 0.3) is 5.91 Å². The Labute approximate surface area is 196 Å².